The van der Waals surface area contributed by atoms with Gasteiger partial charge in [0.25, 0.3) is 0 Å². The van der Waals surface area contributed by atoms with Crippen molar-refractivity contribution in [2.24, 2.45) is 5.73 Å². The third kappa shape index (κ3) is 2.70. The molecule has 2 aromatic carbocycles. The molecule has 1 aliphatic rings. The highest BCUT2D eigenvalue weighted by molar-refractivity contribution is 5.54. The average Bonchev–Trinajstić information content (AvgIpc) is 2.71. The van der Waals surface area contributed by atoms with E-state index in [1.807, 2.05) is 0 Å². The Bertz CT molecular complexity index is 550. The highest BCUT2D eigenvalue weighted by Crippen LogP contribution is 2.24. The first-order valence-electron chi connectivity index (χ1n) is 7.48. The zero-order valence-corrected chi connectivity index (χ0v) is 11.9. The van der Waals surface area contributed by atoms with Crippen LogP contribution in [0.1, 0.15) is 16.7 Å². The fourth-order valence-corrected chi connectivity index (χ4v) is 3.10. The van der Waals surface area contributed by atoms with Crippen LogP contribution >= 0.6 is 0 Å². The van der Waals surface area contributed by atoms with Crippen LogP contribution in [0.2, 0.25) is 0 Å². The molecule has 0 saturated carbocycles. The van der Waals surface area contributed by atoms with E-state index in [2.05, 4.69) is 53.4 Å². The third-order valence-corrected chi connectivity index (χ3v) is 4.17. The zero-order valence-electron chi connectivity index (χ0n) is 11.9. The molecule has 2 aromatic rings. The minimum Gasteiger partial charge on any atom is -0.371 e. The van der Waals surface area contributed by atoms with E-state index in [0.29, 0.717) is 6.54 Å². The molecule has 20 heavy (non-hydrogen) atoms. The number of nitrogens with two attached hydrogens (primary N) is 1. The molecule has 104 valence electrons. The maximum absolute atomic E-state index is 5.74. The first-order chi connectivity index (χ1) is 9.88. The Balaban J connectivity index is 1.83. The number of fused-ring (bicyclic) bond motifs is 1. The predicted octanol–water partition coefficient (Wildman–Crippen LogP) is 2.79. The molecular weight excluding hydrogens is 244 g/mol. The molecule has 0 spiro atoms. The average molecular weight is 266 g/mol. The minimum absolute atomic E-state index is 0.713. The van der Waals surface area contributed by atoms with Gasteiger partial charge in [0.2, 0.25) is 0 Å². The van der Waals surface area contributed by atoms with Gasteiger partial charge < -0.3 is 10.6 Å². The molecule has 2 nitrogen and oxygen atoms in total. The number of nitrogens with zero attached hydrogens (tertiary/aromatic N) is 1. The lowest BCUT2D eigenvalue weighted by Gasteiger charge is -2.25. The Hall–Kier alpha value is -1.80. The van der Waals surface area contributed by atoms with E-state index in [9.17, 15) is 0 Å². The molecule has 0 aromatic heterocycles. The minimum atomic E-state index is 0.713. The molecule has 1 heterocycles. The van der Waals surface area contributed by atoms with Gasteiger partial charge in [0, 0.05) is 18.8 Å². The number of benzene rings is 2. The predicted molar refractivity (Wildman–Crippen MR) is 85.3 cm³/mol. The van der Waals surface area contributed by atoms with Crippen LogP contribution in [-0.4, -0.2) is 19.6 Å². The van der Waals surface area contributed by atoms with E-state index >= 15 is 0 Å². The summed E-state index contributed by atoms with van der Waals surface area (Å²) in [5.74, 6) is 0. The molecule has 0 atom stereocenters. The Morgan fingerprint density at radius 1 is 0.850 bits per heavy atom. The van der Waals surface area contributed by atoms with Crippen LogP contribution < -0.4 is 10.6 Å². The summed E-state index contributed by atoms with van der Waals surface area (Å²) in [6.45, 7) is 2.91. The molecule has 0 aliphatic carbocycles. The van der Waals surface area contributed by atoms with Crippen LogP contribution in [0.4, 0.5) is 5.69 Å². The maximum Gasteiger partial charge on any atom is 0.0399 e. The molecule has 1 aliphatic heterocycles. The number of para-hydroxylation sites is 1. The van der Waals surface area contributed by atoms with Gasteiger partial charge in [-0.2, -0.15) is 0 Å². The first kappa shape index (κ1) is 13.2. The SMILES string of the molecule is NCCc1ccccc1N1CCc2ccccc2CC1. The van der Waals surface area contributed by atoms with E-state index in [1.54, 1.807) is 0 Å². The molecule has 0 radical (unpaired) electrons. The van der Waals surface area contributed by atoms with Gasteiger partial charge in [-0.05, 0) is 48.6 Å². The van der Waals surface area contributed by atoms with Crippen molar-refractivity contribution in [2.75, 3.05) is 24.5 Å². The summed E-state index contributed by atoms with van der Waals surface area (Å²) in [5.41, 5.74) is 11.5. The summed E-state index contributed by atoms with van der Waals surface area (Å²) in [4.78, 5) is 2.52. The topological polar surface area (TPSA) is 29.3 Å². The molecule has 0 amide bonds. The monoisotopic (exact) mass is 266 g/mol. The maximum atomic E-state index is 5.74. The van der Waals surface area contributed by atoms with Crippen molar-refractivity contribution in [2.45, 2.75) is 19.3 Å². The Morgan fingerprint density at radius 3 is 2.10 bits per heavy atom. The van der Waals surface area contributed by atoms with E-state index in [4.69, 9.17) is 5.73 Å². The third-order valence-electron chi connectivity index (χ3n) is 4.17. The normalized spacial score (nSPS) is 14.8. The number of anilines is 1. The van der Waals surface area contributed by atoms with E-state index in [0.717, 1.165) is 32.4 Å². The molecule has 0 saturated heterocycles. The lowest BCUT2D eigenvalue weighted by Crippen LogP contribution is -2.27. The Kier molecular flexibility index (Phi) is 4.03. The number of hydrogen-bond acceptors (Lipinski definition) is 2. The van der Waals surface area contributed by atoms with Crippen molar-refractivity contribution >= 4 is 5.69 Å². The highest BCUT2D eigenvalue weighted by atomic mass is 15.1. The van der Waals surface area contributed by atoms with Gasteiger partial charge in [-0.1, -0.05) is 42.5 Å². The Morgan fingerprint density at radius 2 is 1.45 bits per heavy atom. The van der Waals surface area contributed by atoms with Crippen LogP contribution in [0.15, 0.2) is 48.5 Å². The fraction of sp³-hybridized carbons (Fsp3) is 0.333. The van der Waals surface area contributed by atoms with Crippen molar-refractivity contribution in [3.63, 3.8) is 0 Å². The molecule has 3 rings (SSSR count). The van der Waals surface area contributed by atoms with Crippen LogP contribution in [0, 0.1) is 0 Å². The second kappa shape index (κ2) is 6.10. The largest absolute Gasteiger partial charge is 0.371 e. The van der Waals surface area contributed by atoms with Gasteiger partial charge in [0.1, 0.15) is 0 Å². The highest BCUT2D eigenvalue weighted by Gasteiger charge is 2.15. The van der Waals surface area contributed by atoms with E-state index < -0.39 is 0 Å². The number of rotatable bonds is 3. The molecular formula is C18H22N2. The second-order valence-electron chi connectivity index (χ2n) is 5.42. The van der Waals surface area contributed by atoms with Gasteiger partial charge >= 0.3 is 0 Å². The van der Waals surface area contributed by atoms with Crippen molar-refractivity contribution in [3.05, 3.63) is 65.2 Å². The van der Waals surface area contributed by atoms with Crippen molar-refractivity contribution in [3.8, 4) is 0 Å². The van der Waals surface area contributed by atoms with Gasteiger partial charge in [0.15, 0.2) is 0 Å². The standard InChI is InChI=1S/C18H22N2/c19-12-9-17-7-3-4-8-18(17)20-13-10-15-5-1-2-6-16(15)11-14-20/h1-8H,9-14,19H2. The lowest BCUT2D eigenvalue weighted by molar-refractivity contribution is 0.796. The summed E-state index contributed by atoms with van der Waals surface area (Å²) < 4.78 is 0. The quantitative estimate of drug-likeness (QED) is 0.925. The fourth-order valence-electron chi connectivity index (χ4n) is 3.10. The smallest absolute Gasteiger partial charge is 0.0399 e. The summed E-state index contributed by atoms with van der Waals surface area (Å²) >= 11 is 0. The van der Waals surface area contributed by atoms with E-state index in [-0.39, 0.29) is 0 Å². The molecule has 0 bridgehead atoms. The van der Waals surface area contributed by atoms with Crippen LogP contribution in [0.25, 0.3) is 0 Å². The van der Waals surface area contributed by atoms with Gasteiger partial charge in [-0.25, -0.2) is 0 Å². The molecule has 2 N–H and O–H groups in total. The second-order valence-corrected chi connectivity index (χ2v) is 5.42. The number of hydrogen-bond donors (Lipinski definition) is 1. The van der Waals surface area contributed by atoms with Crippen molar-refractivity contribution in [1.29, 1.82) is 0 Å². The summed E-state index contributed by atoms with van der Waals surface area (Å²) in [6.07, 6.45) is 3.22. The molecule has 0 fully saturated rings. The lowest BCUT2D eigenvalue weighted by atomic mass is 10.0. The van der Waals surface area contributed by atoms with Gasteiger partial charge in [0.05, 0.1) is 0 Å². The molecule has 0 unspecified atom stereocenters. The van der Waals surface area contributed by atoms with Crippen LogP contribution in [-0.2, 0) is 19.3 Å². The Labute approximate surface area is 121 Å². The summed E-state index contributed by atoms with van der Waals surface area (Å²) in [6, 6.07) is 17.5. The summed E-state index contributed by atoms with van der Waals surface area (Å²) in [7, 11) is 0. The van der Waals surface area contributed by atoms with Crippen LogP contribution in [0.5, 0.6) is 0 Å². The van der Waals surface area contributed by atoms with Crippen molar-refractivity contribution in [1.82, 2.24) is 0 Å². The van der Waals surface area contributed by atoms with E-state index in [1.165, 1.54) is 22.4 Å². The van der Waals surface area contributed by atoms with Gasteiger partial charge in [-0.15, -0.1) is 0 Å². The zero-order chi connectivity index (χ0) is 13.8. The van der Waals surface area contributed by atoms with Crippen LogP contribution in [0.3, 0.4) is 0 Å². The summed E-state index contributed by atoms with van der Waals surface area (Å²) in [5, 5.41) is 0. The molecule has 2 heteroatoms. The first-order valence-corrected chi connectivity index (χ1v) is 7.48. The van der Waals surface area contributed by atoms with Crippen molar-refractivity contribution < 1.29 is 0 Å². The van der Waals surface area contributed by atoms with Gasteiger partial charge in [-0.3, -0.25) is 0 Å².